The predicted molar refractivity (Wildman–Crippen MR) is 76.0 cm³/mol. The van der Waals surface area contributed by atoms with Crippen molar-refractivity contribution >= 4 is 17.8 Å². The fraction of sp³-hybridized carbons (Fsp3) is 0.333. The fourth-order valence-electron chi connectivity index (χ4n) is 2.74. The van der Waals surface area contributed by atoms with Crippen molar-refractivity contribution in [1.29, 1.82) is 0 Å². The number of nitrogens with zero attached hydrogens (tertiary/aromatic N) is 1. The quantitative estimate of drug-likeness (QED) is 0.857. The van der Waals surface area contributed by atoms with Crippen molar-refractivity contribution in [3.63, 3.8) is 0 Å². The normalized spacial score (nSPS) is 20.6. The minimum Gasteiger partial charge on any atom is -0.317 e. The topological polar surface area (TPSA) is 53.5 Å². The zero-order valence-corrected chi connectivity index (χ0v) is 11.1. The van der Waals surface area contributed by atoms with Crippen LogP contribution in [0.25, 0.3) is 6.08 Å². The van der Waals surface area contributed by atoms with Crippen LogP contribution in [-0.2, 0) is 4.79 Å². The van der Waals surface area contributed by atoms with Crippen LogP contribution in [0.3, 0.4) is 0 Å². The number of amidine groups is 1. The van der Waals surface area contributed by atoms with Gasteiger partial charge in [0.05, 0.1) is 0 Å². The van der Waals surface area contributed by atoms with Gasteiger partial charge in [0.2, 0.25) is 0 Å². The van der Waals surface area contributed by atoms with Gasteiger partial charge >= 0.3 is 0 Å². The Morgan fingerprint density at radius 1 is 1.35 bits per heavy atom. The van der Waals surface area contributed by atoms with Gasteiger partial charge in [-0.25, -0.2) is 4.39 Å². The highest BCUT2D eigenvalue weighted by Gasteiger charge is 2.44. The fourth-order valence-corrected chi connectivity index (χ4v) is 2.74. The Balaban J connectivity index is 2.01. The van der Waals surface area contributed by atoms with Gasteiger partial charge in [-0.3, -0.25) is 9.79 Å². The summed E-state index contributed by atoms with van der Waals surface area (Å²) in [6, 6.07) is 4.39. The molecule has 4 nitrogen and oxygen atoms in total. The molecule has 1 amide bonds. The van der Waals surface area contributed by atoms with E-state index < -0.39 is 5.54 Å². The van der Waals surface area contributed by atoms with Gasteiger partial charge in [-0.05, 0) is 49.7 Å². The SMILES string of the molecule is C=Cc1cc(F)ccc1C1=NC2(CCNCC2)C(=O)N1. The molecule has 0 atom stereocenters. The van der Waals surface area contributed by atoms with Crippen LogP contribution in [0.1, 0.15) is 24.0 Å². The van der Waals surface area contributed by atoms with Gasteiger partial charge in [0.15, 0.2) is 0 Å². The van der Waals surface area contributed by atoms with Gasteiger partial charge in [-0.15, -0.1) is 0 Å². The summed E-state index contributed by atoms with van der Waals surface area (Å²) in [6.07, 6.45) is 2.94. The second-order valence-corrected chi connectivity index (χ2v) is 5.13. The van der Waals surface area contributed by atoms with E-state index in [1.54, 1.807) is 12.1 Å². The molecular weight excluding hydrogens is 257 g/mol. The zero-order chi connectivity index (χ0) is 14.2. The lowest BCUT2D eigenvalue weighted by Gasteiger charge is -2.28. The standard InChI is InChI=1S/C15H16FN3O/c1-2-10-9-11(16)3-4-12(10)13-18-14(20)15(19-13)5-7-17-8-6-15/h2-4,9,17H,1,5-8H2,(H,18,19,20). The number of halogens is 1. The van der Waals surface area contributed by atoms with Crippen molar-refractivity contribution in [2.24, 2.45) is 4.99 Å². The van der Waals surface area contributed by atoms with Crippen LogP contribution >= 0.6 is 0 Å². The van der Waals surface area contributed by atoms with E-state index in [4.69, 9.17) is 0 Å². The third-order valence-corrected chi connectivity index (χ3v) is 3.90. The number of piperidine rings is 1. The van der Waals surface area contributed by atoms with Crippen LogP contribution in [0.15, 0.2) is 29.8 Å². The average molecular weight is 273 g/mol. The first-order chi connectivity index (χ1) is 9.64. The van der Waals surface area contributed by atoms with Gasteiger partial charge < -0.3 is 10.6 Å². The van der Waals surface area contributed by atoms with Crippen LogP contribution in [0.5, 0.6) is 0 Å². The molecule has 2 aliphatic rings. The first-order valence-corrected chi connectivity index (χ1v) is 6.69. The van der Waals surface area contributed by atoms with E-state index in [1.165, 1.54) is 12.1 Å². The lowest BCUT2D eigenvalue weighted by atomic mass is 9.89. The molecule has 3 rings (SSSR count). The number of rotatable bonds is 2. The first kappa shape index (κ1) is 13.0. The molecule has 0 unspecified atom stereocenters. The van der Waals surface area contributed by atoms with Gasteiger partial charge in [-0.2, -0.15) is 0 Å². The summed E-state index contributed by atoms with van der Waals surface area (Å²) in [6.45, 7) is 5.24. The number of aliphatic imine (C=N–C) groups is 1. The molecular formula is C15H16FN3O. The molecule has 20 heavy (non-hydrogen) atoms. The Bertz CT molecular complexity index is 603. The highest BCUT2D eigenvalue weighted by Crippen LogP contribution is 2.29. The van der Waals surface area contributed by atoms with Crippen molar-refractivity contribution in [3.05, 3.63) is 41.7 Å². The molecule has 0 bridgehead atoms. The molecule has 1 aromatic rings. The van der Waals surface area contributed by atoms with Gasteiger partial charge in [0.25, 0.3) is 5.91 Å². The maximum atomic E-state index is 13.3. The van der Waals surface area contributed by atoms with Gasteiger partial charge in [-0.1, -0.05) is 12.7 Å². The summed E-state index contributed by atoms with van der Waals surface area (Å²) in [7, 11) is 0. The van der Waals surface area contributed by atoms with Crippen LogP contribution < -0.4 is 10.6 Å². The summed E-state index contributed by atoms with van der Waals surface area (Å²) in [5.74, 6) is 0.130. The van der Waals surface area contributed by atoms with E-state index in [0.717, 1.165) is 13.1 Å². The van der Waals surface area contributed by atoms with E-state index in [2.05, 4.69) is 22.2 Å². The highest BCUT2D eigenvalue weighted by molar-refractivity contribution is 6.16. The maximum absolute atomic E-state index is 13.3. The molecule has 1 fully saturated rings. The van der Waals surface area contributed by atoms with Crippen molar-refractivity contribution < 1.29 is 9.18 Å². The average Bonchev–Trinajstić information content (AvgIpc) is 2.76. The monoisotopic (exact) mass is 273 g/mol. The van der Waals surface area contributed by atoms with E-state index in [1.807, 2.05) is 0 Å². The second kappa shape index (κ2) is 4.83. The zero-order valence-electron chi connectivity index (χ0n) is 11.1. The van der Waals surface area contributed by atoms with E-state index >= 15 is 0 Å². The Kier molecular flexibility index (Phi) is 3.14. The Morgan fingerprint density at radius 3 is 2.80 bits per heavy atom. The summed E-state index contributed by atoms with van der Waals surface area (Å²) >= 11 is 0. The number of hydrogen-bond donors (Lipinski definition) is 2. The molecule has 2 aliphatic heterocycles. The molecule has 1 saturated heterocycles. The Labute approximate surface area is 116 Å². The molecule has 0 saturated carbocycles. The highest BCUT2D eigenvalue weighted by atomic mass is 19.1. The molecule has 0 radical (unpaired) electrons. The summed E-state index contributed by atoms with van der Waals surface area (Å²) in [4.78, 5) is 16.9. The second-order valence-electron chi connectivity index (χ2n) is 5.13. The third kappa shape index (κ3) is 2.04. The summed E-state index contributed by atoms with van der Waals surface area (Å²) < 4.78 is 13.3. The molecule has 5 heteroatoms. The van der Waals surface area contributed by atoms with E-state index in [-0.39, 0.29) is 11.7 Å². The molecule has 0 aliphatic carbocycles. The number of nitrogens with one attached hydrogen (secondary N) is 2. The molecule has 104 valence electrons. The number of benzene rings is 1. The largest absolute Gasteiger partial charge is 0.317 e. The van der Waals surface area contributed by atoms with Crippen LogP contribution in [0.4, 0.5) is 4.39 Å². The van der Waals surface area contributed by atoms with Crippen molar-refractivity contribution in [2.45, 2.75) is 18.4 Å². The first-order valence-electron chi connectivity index (χ1n) is 6.69. The lowest BCUT2D eigenvalue weighted by Crippen LogP contribution is -2.47. The maximum Gasteiger partial charge on any atom is 0.253 e. The Hall–Kier alpha value is -2.01. The van der Waals surface area contributed by atoms with Crippen LogP contribution in [0.2, 0.25) is 0 Å². The Morgan fingerprint density at radius 2 is 2.10 bits per heavy atom. The van der Waals surface area contributed by atoms with Crippen molar-refractivity contribution in [1.82, 2.24) is 10.6 Å². The molecule has 1 spiro atoms. The van der Waals surface area contributed by atoms with Crippen LogP contribution in [-0.4, -0.2) is 30.4 Å². The minimum atomic E-state index is -0.659. The molecule has 0 aromatic heterocycles. The van der Waals surface area contributed by atoms with Crippen molar-refractivity contribution in [3.8, 4) is 0 Å². The lowest BCUT2D eigenvalue weighted by molar-refractivity contribution is -0.124. The summed E-state index contributed by atoms with van der Waals surface area (Å²) in [5, 5.41) is 6.06. The third-order valence-electron chi connectivity index (χ3n) is 3.90. The molecule has 1 aromatic carbocycles. The molecule has 2 heterocycles. The molecule has 2 N–H and O–H groups in total. The number of hydrogen-bond acceptors (Lipinski definition) is 3. The minimum absolute atomic E-state index is 0.0617. The van der Waals surface area contributed by atoms with Gasteiger partial charge in [0.1, 0.15) is 17.2 Å². The van der Waals surface area contributed by atoms with Crippen molar-refractivity contribution in [2.75, 3.05) is 13.1 Å². The smallest absolute Gasteiger partial charge is 0.253 e. The predicted octanol–water partition coefficient (Wildman–Crippen LogP) is 1.47. The number of carbonyl (C=O) groups excluding carboxylic acids is 1. The summed E-state index contributed by atoms with van der Waals surface area (Å²) in [5.41, 5.74) is 0.688. The van der Waals surface area contributed by atoms with E-state index in [0.29, 0.717) is 29.8 Å². The van der Waals surface area contributed by atoms with E-state index in [9.17, 15) is 9.18 Å². The van der Waals surface area contributed by atoms with Crippen LogP contribution in [0, 0.1) is 5.82 Å². The van der Waals surface area contributed by atoms with Gasteiger partial charge in [0, 0.05) is 5.56 Å². The number of amides is 1. The number of carbonyl (C=O) groups is 1.